The van der Waals surface area contributed by atoms with Crippen LogP contribution in [0.5, 0.6) is 0 Å². The smallest absolute Gasteiger partial charge is 0.275 e. The number of aromatic amines is 1. The van der Waals surface area contributed by atoms with Crippen LogP contribution in [0.25, 0.3) is 0 Å². The van der Waals surface area contributed by atoms with Crippen molar-refractivity contribution in [3.05, 3.63) is 59.8 Å². The van der Waals surface area contributed by atoms with Crippen molar-refractivity contribution in [1.29, 1.82) is 0 Å². The number of quaternary nitrogens is 1. The molecule has 0 unspecified atom stereocenters. The lowest BCUT2D eigenvalue weighted by molar-refractivity contribution is -0.892. The average molecular weight is 362 g/mol. The van der Waals surface area contributed by atoms with Crippen molar-refractivity contribution in [2.45, 2.75) is 13.0 Å². The van der Waals surface area contributed by atoms with Gasteiger partial charge in [-0.25, -0.2) is 13.8 Å². The summed E-state index contributed by atoms with van der Waals surface area (Å²) in [5, 5.41) is 2.80. The zero-order valence-electron chi connectivity index (χ0n) is 14.8. The Bertz CT molecular complexity index is 748. The first-order chi connectivity index (χ1) is 12.5. The predicted molar refractivity (Wildman–Crippen MR) is 93.7 cm³/mol. The largest absolute Gasteiger partial charge is 0.345 e. The van der Waals surface area contributed by atoms with Crippen molar-refractivity contribution < 1.29 is 23.5 Å². The molecule has 0 radical (unpaired) electrons. The monoisotopic (exact) mass is 362 g/mol. The van der Waals surface area contributed by atoms with E-state index in [1.807, 2.05) is 24.4 Å². The number of pyridine rings is 1. The molecule has 1 aliphatic rings. The Morgan fingerprint density at radius 2 is 2.04 bits per heavy atom. The standard InChI is InChI=1S/C19H22F2N4O/c1-14(16-6-5-15(20)12-17(16)21)23-19(26)13-24-8-10-25(11-9-24)18-4-2-3-7-22-18/h2-7,12,14H,8-11,13H2,1H3,(H,23,26)/p+2/t14-/m1/s1. The van der Waals surface area contributed by atoms with Gasteiger partial charge in [0.1, 0.15) is 37.8 Å². The number of carbonyl (C=O) groups is 1. The molecule has 0 bridgehead atoms. The summed E-state index contributed by atoms with van der Waals surface area (Å²) in [6.45, 7) is 5.49. The highest BCUT2D eigenvalue weighted by Crippen LogP contribution is 2.17. The quantitative estimate of drug-likeness (QED) is 0.807. The van der Waals surface area contributed by atoms with Gasteiger partial charge in [-0.2, -0.15) is 0 Å². The molecule has 0 spiro atoms. The number of anilines is 1. The fourth-order valence-corrected chi connectivity index (χ4v) is 3.27. The van der Waals surface area contributed by atoms with E-state index in [4.69, 9.17) is 0 Å². The fourth-order valence-electron chi connectivity index (χ4n) is 3.27. The summed E-state index contributed by atoms with van der Waals surface area (Å²) in [5.74, 6) is -0.312. The maximum Gasteiger partial charge on any atom is 0.275 e. The maximum absolute atomic E-state index is 13.8. The van der Waals surface area contributed by atoms with Gasteiger partial charge < -0.3 is 10.2 Å². The molecular weight excluding hydrogens is 338 g/mol. The molecule has 0 aliphatic carbocycles. The van der Waals surface area contributed by atoms with Gasteiger partial charge in [0.2, 0.25) is 0 Å². The van der Waals surface area contributed by atoms with Gasteiger partial charge in [-0.3, -0.25) is 9.69 Å². The van der Waals surface area contributed by atoms with E-state index < -0.39 is 17.7 Å². The van der Waals surface area contributed by atoms with Gasteiger partial charge in [0.05, 0.1) is 12.2 Å². The fraction of sp³-hybridized carbons (Fsp3) is 0.368. The Hall–Kier alpha value is -2.54. The Kier molecular flexibility index (Phi) is 5.78. The summed E-state index contributed by atoms with van der Waals surface area (Å²) in [6.07, 6.45) is 1.90. The first-order valence-corrected chi connectivity index (χ1v) is 8.82. The van der Waals surface area contributed by atoms with E-state index in [0.717, 1.165) is 38.1 Å². The molecule has 1 aromatic heterocycles. The third-order valence-electron chi connectivity index (χ3n) is 4.72. The van der Waals surface area contributed by atoms with Crippen molar-refractivity contribution >= 4 is 11.7 Å². The number of piperazine rings is 1. The van der Waals surface area contributed by atoms with Crippen LogP contribution in [0.2, 0.25) is 0 Å². The van der Waals surface area contributed by atoms with Crippen molar-refractivity contribution in [2.75, 3.05) is 37.6 Å². The Balaban J connectivity index is 1.48. The normalized spacial score (nSPS) is 16.3. The lowest BCUT2D eigenvalue weighted by atomic mass is 10.1. The maximum atomic E-state index is 13.8. The van der Waals surface area contributed by atoms with Gasteiger partial charge in [0.15, 0.2) is 6.54 Å². The number of amides is 1. The van der Waals surface area contributed by atoms with Gasteiger partial charge in [-0.05, 0) is 19.1 Å². The van der Waals surface area contributed by atoms with Crippen LogP contribution in [-0.2, 0) is 4.79 Å². The number of rotatable bonds is 5. The van der Waals surface area contributed by atoms with E-state index in [2.05, 4.69) is 15.2 Å². The van der Waals surface area contributed by atoms with Crippen molar-refractivity contribution in [3.8, 4) is 0 Å². The number of aromatic nitrogens is 1. The molecule has 2 aromatic rings. The van der Waals surface area contributed by atoms with Crippen LogP contribution in [0.15, 0.2) is 42.6 Å². The predicted octanol–water partition coefficient (Wildman–Crippen LogP) is 0.361. The van der Waals surface area contributed by atoms with E-state index in [9.17, 15) is 13.6 Å². The summed E-state index contributed by atoms with van der Waals surface area (Å²) in [4.78, 5) is 19.0. The third-order valence-corrected chi connectivity index (χ3v) is 4.72. The zero-order valence-corrected chi connectivity index (χ0v) is 14.8. The molecule has 26 heavy (non-hydrogen) atoms. The Morgan fingerprint density at radius 1 is 1.27 bits per heavy atom. The van der Waals surface area contributed by atoms with Crippen LogP contribution < -0.4 is 20.1 Å². The minimum Gasteiger partial charge on any atom is -0.345 e. The lowest BCUT2D eigenvalue weighted by Crippen LogP contribution is -3.16. The molecule has 0 saturated carbocycles. The molecule has 1 fully saturated rings. The van der Waals surface area contributed by atoms with Crippen LogP contribution in [-0.4, -0.2) is 38.6 Å². The second-order valence-electron chi connectivity index (χ2n) is 6.62. The number of hydrogen-bond donors (Lipinski definition) is 2. The van der Waals surface area contributed by atoms with Gasteiger partial charge >= 0.3 is 0 Å². The zero-order chi connectivity index (χ0) is 18.5. The highest BCUT2D eigenvalue weighted by atomic mass is 19.1. The first-order valence-electron chi connectivity index (χ1n) is 8.82. The minimum absolute atomic E-state index is 0.129. The second-order valence-corrected chi connectivity index (χ2v) is 6.62. The summed E-state index contributed by atoms with van der Waals surface area (Å²) in [5.41, 5.74) is 0.291. The van der Waals surface area contributed by atoms with E-state index in [-0.39, 0.29) is 5.91 Å². The van der Waals surface area contributed by atoms with Crippen molar-refractivity contribution in [3.63, 3.8) is 0 Å². The third kappa shape index (κ3) is 4.54. The number of nitrogens with zero attached hydrogens (tertiary/aromatic N) is 1. The van der Waals surface area contributed by atoms with Crippen LogP contribution in [0.4, 0.5) is 14.6 Å². The Labute approximate surface area is 151 Å². The van der Waals surface area contributed by atoms with E-state index in [1.165, 1.54) is 17.0 Å². The SMILES string of the molecule is C[C@@H](NC(=O)C[NH+]1CCN(c2cccc[nH+]2)CC1)c1ccc(F)cc1F. The first kappa shape index (κ1) is 18.3. The second kappa shape index (κ2) is 8.23. The summed E-state index contributed by atoms with van der Waals surface area (Å²) in [6, 6.07) is 8.89. The number of hydrogen-bond acceptors (Lipinski definition) is 2. The van der Waals surface area contributed by atoms with Gasteiger partial charge in [-0.15, -0.1) is 0 Å². The molecule has 3 N–H and O–H groups in total. The molecule has 1 amide bonds. The Morgan fingerprint density at radius 3 is 2.69 bits per heavy atom. The van der Waals surface area contributed by atoms with E-state index in [1.54, 1.807) is 6.92 Å². The lowest BCUT2D eigenvalue weighted by Gasteiger charge is -2.28. The van der Waals surface area contributed by atoms with E-state index in [0.29, 0.717) is 12.1 Å². The molecule has 7 heteroatoms. The molecule has 2 heterocycles. The summed E-state index contributed by atoms with van der Waals surface area (Å²) >= 11 is 0. The van der Waals surface area contributed by atoms with Crippen LogP contribution in [0, 0.1) is 11.6 Å². The summed E-state index contributed by atoms with van der Waals surface area (Å²) < 4.78 is 26.8. The molecule has 1 aliphatic heterocycles. The van der Waals surface area contributed by atoms with Crippen LogP contribution in [0.3, 0.4) is 0 Å². The number of carbonyl (C=O) groups excluding carboxylic acids is 1. The molecule has 5 nitrogen and oxygen atoms in total. The van der Waals surface area contributed by atoms with Crippen molar-refractivity contribution in [1.82, 2.24) is 5.32 Å². The molecule has 1 atom stereocenters. The minimum atomic E-state index is -0.641. The van der Waals surface area contributed by atoms with Gasteiger partial charge in [0, 0.05) is 17.7 Å². The highest BCUT2D eigenvalue weighted by molar-refractivity contribution is 5.77. The topological polar surface area (TPSA) is 50.9 Å². The number of halogens is 2. The van der Waals surface area contributed by atoms with Crippen molar-refractivity contribution in [2.24, 2.45) is 0 Å². The molecule has 138 valence electrons. The highest BCUT2D eigenvalue weighted by Gasteiger charge is 2.27. The number of nitrogens with one attached hydrogen (secondary N) is 3. The molecular formula is C19H24F2N4O+2. The molecule has 1 saturated heterocycles. The van der Waals surface area contributed by atoms with E-state index >= 15 is 0 Å². The number of benzene rings is 1. The van der Waals surface area contributed by atoms with Crippen LogP contribution >= 0.6 is 0 Å². The van der Waals surface area contributed by atoms with Crippen LogP contribution in [0.1, 0.15) is 18.5 Å². The van der Waals surface area contributed by atoms with Gasteiger partial charge in [-0.1, -0.05) is 12.1 Å². The summed E-state index contributed by atoms with van der Waals surface area (Å²) in [7, 11) is 0. The molecule has 1 aromatic carbocycles. The van der Waals surface area contributed by atoms with Gasteiger partial charge in [0.25, 0.3) is 11.7 Å². The average Bonchev–Trinajstić information content (AvgIpc) is 2.63. The number of H-pyrrole nitrogens is 1. The molecule has 3 rings (SSSR count).